The van der Waals surface area contributed by atoms with Crippen LogP contribution in [0.5, 0.6) is 0 Å². The molecule has 176 valence electrons. The van der Waals surface area contributed by atoms with Crippen molar-refractivity contribution in [3.05, 3.63) is 47.9 Å². The summed E-state index contributed by atoms with van der Waals surface area (Å²) in [7, 11) is 1.31. The molecule has 0 saturated carbocycles. The van der Waals surface area contributed by atoms with Crippen LogP contribution in [0.4, 0.5) is 39.5 Å². The molecule has 1 saturated heterocycles. The van der Waals surface area contributed by atoms with Crippen LogP contribution in [0.25, 0.3) is 0 Å². The van der Waals surface area contributed by atoms with E-state index in [0.29, 0.717) is 18.8 Å². The number of carbonyl (C=O) groups excluding carboxylic acids is 2. The zero-order chi connectivity index (χ0) is 24.0. The lowest BCUT2D eigenvalue weighted by atomic mass is 10.1. The van der Waals surface area contributed by atoms with Crippen molar-refractivity contribution in [2.75, 3.05) is 29.9 Å². The number of piperidine rings is 1. The van der Waals surface area contributed by atoms with E-state index < -0.39 is 35.2 Å². The first kappa shape index (κ1) is 22.9. The van der Waals surface area contributed by atoms with E-state index in [1.807, 2.05) is 4.90 Å². The monoisotopic (exact) mass is 468 g/mol. The molecule has 1 aromatic heterocycles. The molecule has 2 aliphatic heterocycles. The van der Waals surface area contributed by atoms with E-state index in [4.69, 9.17) is 10.6 Å². The summed E-state index contributed by atoms with van der Waals surface area (Å²) in [5, 5.41) is 0. The van der Waals surface area contributed by atoms with Crippen molar-refractivity contribution in [3.8, 4) is 0 Å². The van der Waals surface area contributed by atoms with Crippen molar-refractivity contribution in [2.24, 2.45) is 5.73 Å². The smallest absolute Gasteiger partial charge is 0.365 e. The summed E-state index contributed by atoms with van der Waals surface area (Å²) >= 11 is 0. The summed E-state index contributed by atoms with van der Waals surface area (Å²) in [6, 6.07) is 5.62. The number of anilines is 2. The van der Waals surface area contributed by atoms with E-state index in [0.717, 1.165) is 23.8 Å². The van der Waals surface area contributed by atoms with E-state index in [-0.39, 0.29) is 23.1 Å². The van der Waals surface area contributed by atoms with Crippen LogP contribution >= 0.6 is 0 Å². The molecule has 2 aliphatic rings. The number of urea groups is 1. The van der Waals surface area contributed by atoms with E-state index >= 15 is 0 Å². The molecule has 3 heterocycles. The maximum atomic E-state index is 14.6. The van der Waals surface area contributed by atoms with Gasteiger partial charge in [0.1, 0.15) is 11.5 Å². The molecule has 4 rings (SSSR count). The average Bonchev–Trinajstić information content (AvgIpc) is 2.97. The lowest BCUT2D eigenvalue weighted by Gasteiger charge is -2.35. The summed E-state index contributed by atoms with van der Waals surface area (Å²) < 4.78 is 52.8. The van der Waals surface area contributed by atoms with Gasteiger partial charge < -0.3 is 10.6 Å². The summed E-state index contributed by atoms with van der Waals surface area (Å²) in [6.45, 7) is 0.208. The molecule has 0 aliphatic carbocycles. The number of nitrogens with zero attached hydrogens (tertiary/aromatic N) is 4. The minimum atomic E-state index is -5.38. The van der Waals surface area contributed by atoms with Crippen molar-refractivity contribution in [1.82, 2.24) is 9.63 Å². The van der Waals surface area contributed by atoms with Crippen molar-refractivity contribution < 1.29 is 32.0 Å². The standard InChI is InChI=1S/C21H22F4N5O3/c1-28-18-17(16(8-9-27-18)29-10-4-6-14(26)11-29)30(20(28)32,33-19(31)21(23,24)25)12-13-5-2-3-7-15(13)22/h2-3,5,7-9,14H,4,6,10-12,26H2,1H3/q+1/t14?,30-/m1/s1. The Morgan fingerprint density at radius 2 is 2.03 bits per heavy atom. The SMILES string of the molecule is CN1C(=O)[N@+](Cc2ccccc2F)(OC(=O)C(F)(F)F)c2c(N3CCCC(N)C3)ccnc21. The van der Waals surface area contributed by atoms with Crippen molar-refractivity contribution in [1.29, 1.82) is 0 Å². The van der Waals surface area contributed by atoms with Crippen LogP contribution in [-0.4, -0.2) is 49.3 Å². The normalized spacial score (nSPS) is 23.0. The second kappa shape index (κ2) is 8.27. The van der Waals surface area contributed by atoms with Gasteiger partial charge in [0, 0.05) is 37.9 Å². The van der Waals surface area contributed by atoms with Gasteiger partial charge in [-0.2, -0.15) is 13.2 Å². The molecule has 2 N–H and O–H groups in total. The first-order chi connectivity index (χ1) is 15.5. The number of fused-ring (bicyclic) bond motifs is 1. The van der Waals surface area contributed by atoms with E-state index in [1.54, 1.807) is 0 Å². The van der Waals surface area contributed by atoms with Gasteiger partial charge in [-0.05, 0) is 29.6 Å². The van der Waals surface area contributed by atoms with Crippen LogP contribution < -0.4 is 20.2 Å². The van der Waals surface area contributed by atoms with Crippen molar-refractivity contribution >= 4 is 29.2 Å². The van der Waals surface area contributed by atoms with Gasteiger partial charge in [-0.3, -0.25) is 4.84 Å². The molecule has 2 amide bonds. The molecule has 1 unspecified atom stereocenters. The summed E-state index contributed by atoms with van der Waals surface area (Å²) in [4.78, 5) is 37.3. The molecule has 0 bridgehead atoms. The minimum absolute atomic E-state index is 0.0166. The van der Waals surface area contributed by atoms with Gasteiger partial charge in [0.25, 0.3) is 5.69 Å². The quantitative estimate of drug-likeness (QED) is 0.548. The number of halogens is 4. The fourth-order valence-corrected chi connectivity index (χ4v) is 4.26. The van der Waals surface area contributed by atoms with Crippen LogP contribution in [0.1, 0.15) is 18.4 Å². The highest BCUT2D eigenvalue weighted by atomic mass is 19.4. The Morgan fingerprint density at radius 3 is 2.70 bits per heavy atom. The van der Waals surface area contributed by atoms with Gasteiger partial charge >= 0.3 is 18.2 Å². The number of carbonyl (C=O) groups is 2. The largest absolute Gasteiger partial charge is 0.497 e. The molecule has 33 heavy (non-hydrogen) atoms. The number of alkyl halides is 3. The number of pyridine rings is 1. The number of amides is 2. The van der Waals surface area contributed by atoms with Gasteiger partial charge in [-0.1, -0.05) is 18.2 Å². The molecular weight excluding hydrogens is 446 g/mol. The average molecular weight is 468 g/mol. The topological polar surface area (TPSA) is 88.8 Å². The molecule has 8 nitrogen and oxygen atoms in total. The van der Waals surface area contributed by atoms with Crippen LogP contribution in [0.3, 0.4) is 0 Å². The van der Waals surface area contributed by atoms with Gasteiger partial charge in [0.2, 0.25) is 5.82 Å². The summed E-state index contributed by atoms with van der Waals surface area (Å²) in [5.74, 6) is -3.31. The second-order valence-electron chi connectivity index (χ2n) is 8.06. The zero-order valence-electron chi connectivity index (χ0n) is 17.7. The number of hydrogen-bond donors (Lipinski definition) is 1. The zero-order valence-corrected chi connectivity index (χ0v) is 17.7. The maximum absolute atomic E-state index is 14.6. The van der Waals surface area contributed by atoms with Crippen molar-refractivity contribution in [3.63, 3.8) is 0 Å². The lowest BCUT2D eigenvalue weighted by molar-refractivity contribution is -0.226. The number of aromatic nitrogens is 1. The van der Waals surface area contributed by atoms with Crippen LogP contribution in [0.2, 0.25) is 0 Å². The third-order valence-electron chi connectivity index (χ3n) is 5.78. The Hall–Kier alpha value is -3.25. The summed E-state index contributed by atoms with van der Waals surface area (Å²) in [6.07, 6.45) is -2.48. The third-order valence-corrected chi connectivity index (χ3v) is 5.78. The van der Waals surface area contributed by atoms with Crippen LogP contribution in [0.15, 0.2) is 36.5 Å². The van der Waals surface area contributed by atoms with E-state index in [2.05, 4.69) is 4.98 Å². The van der Waals surface area contributed by atoms with Crippen LogP contribution in [0, 0.1) is 5.82 Å². The Balaban J connectivity index is 1.92. The highest BCUT2D eigenvalue weighted by Crippen LogP contribution is 2.49. The second-order valence-corrected chi connectivity index (χ2v) is 8.06. The minimum Gasteiger partial charge on any atom is -0.365 e. The Morgan fingerprint density at radius 1 is 1.30 bits per heavy atom. The fourth-order valence-electron chi connectivity index (χ4n) is 4.26. The number of hydrogen-bond acceptors (Lipinski definition) is 6. The van der Waals surface area contributed by atoms with Gasteiger partial charge in [0.15, 0.2) is 6.54 Å². The molecule has 1 aromatic carbocycles. The predicted octanol–water partition coefficient (Wildman–Crippen LogP) is 3.25. The lowest BCUT2D eigenvalue weighted by Crippen LogP contribution is -2.57. The van der Waals surface area contributed by atoms with Gasteiger partial charge in [-0.15, -0.1) is 0 Å². The number of benzene rings is 1. The third kappa shape index (κ3) is 4.00. The Labute approximate surface area is 186 Å². The Kier molecular flexibility index (Phi) is 5.74. The van der Waals surface area contributed by atoms with Crippen molar-refractivity contribution in [2.45, 2.75) is 31.6 Å². The number of nitrogens with two attached hydrogens (primary N) is 1. The highest BCUT2D eigenvalue weighted by molar-refractivity contribution is 6.10. The molecule has 0 radical (unpaired) electrons. The molecule has 2 aromatic rings. The molecule has 0 spiro atoms. The van der Waals surface area contributed by atoms with E-state index in [9.17, 15) is 27.2 Å². The summed E-state index contributed by atoms with van der Waals surface area (Å²) in [5.41, 5.74) is 6.26. The Bertz CT molecular complexity index is 1100. The number of rotatable bonds is 4. The molecule has 2 atom stereocenters. The maximum Gasteiger partial charge on any atom is 0.497 e. The first-order valence-electron chi connectivity index (χ1n) is 10.2. The van der Waals surface area contributed by atoms with E-state index in [1.165, 1.54) is 37.5 Å². The molecular formula is C21H22F4N5O3+. The first-order valence-corrected chi connectivity index (χ1v) is 10.2. The molecule has 1 fully saturated rings. The van der Waals surface area contributed by atoms with Crippen LogP contribution in [-0.2, 0) is 16.2 Å². The number of quaternary nitrogens is 1. The predicted molar refractivity (Wildman–Crippen MR) is 112 cm³/mol. The number of hydroxylamine groups is 2. The van der Waals surface area contributed by atoms with Gasteiger partial charge in [-0.25, -0.2) is 23.9 Å². The fraction of sp³-hybridized carbons (Fsp3) is 0.381. The molecule has 12 heteroatoms. The highest BCUT2D eigenvalue weighted by Gasteiger charge is 2.61. The van der Waals surface area contributed by atoms with Gasteiger partial charge in [0.05, 0.1) is 0 Å².